The number of aliphatic hydroxyl groups is 1. The number of ketones is 1. The van der Waals surface area contributed by atoms with Crippen LogP contribution in [0.4, 0.5) is 0 Å². The van der Waals surface area contributed by atoms with Crippen LogP contribution in [0.5, 0.6) is 0 Å². The van der Waals surface area contributed by atoms with E-state index < -0.39 is 60.8 Å². The molecule has 0 aliphatic heterocycles. The summed E-state index contributed by atoms with van der Waals surface area (Å²) in [5.74, 6) is -5.39. The van der Waals surface area contributed by atoms with Gasteiger partial charge in [0.1, 0.15) is 12.1 Å². The molecule has 0 saturated carbocycles. The van der Waals surface area contributed by atoms with Crippen LogP contribution in [0.25, 0.3) is 0 Å². The lowest BCUT2D eigenvalue weighted by molar-refractivity contribution is -0.152. The Bertz CT molecular complexity index is 851. The summed E-state index contributed by atoms with van der Waals surface area (Å²) < 4.78 is 0. The predicted octanol–water partition coefficient (Wildman–Crippen LogP) is -0.596. The van der Waals surface area contributed by atoms with Gasteiger partial charge in [-0.25, -0.2) is 4.79 Å². The number of benzene rings is 1. The van der Waals surface area contributed by atoms with E-state index >= 15 is 0 Å². The molecule has 0 heterocycles. The highest BCUT2D eigenvalue weighted by Gasteiger charge is 2.35. The van der Waals surface area contributed by atoms with Gasteiger partial charge in [-0.05, 0) is 30.7 Å². The number of thiol groups is 1. The second-order valence-electron chi connectivity index (χ2n) is 6.72. The summed E-state index contributed by atoms with van der Waals surface area (Å²) in [6, 6.07) is 1.32. The fraction of sp³-hybridized carbons (Fsp3) is 0.421. The smallest absolute Gasteiger partial charge is 0.328 e. The van der Waals surface area contributed by atoms with Crippen molar-refractivity contribution in [3.63, 3.8) is 0 Å². The Labute approximate surface area is 193 Å². The number of nitrogens with one attached hydrogen (secondary N) is 1. The lowest BCUT2D eigenvalue weighted by atomic mass is 10.1. The number of aliphatic hydroxyl groups excluding tert-OH is 1. The van der Waals surface area contributed by atoms with E-state index in [9.17, 15) is 34.2 Å². The van der Waals surface area contributed by atoms with Crippen molar-refractivity contribution < 1.29 is 39.3 Å². The summed E-state index contributed by atoms with van der Waals surface area (Å²) in [6.45, 7) is -1.67. The molecular weight excluding hydrogens is 466 g/mol. The van der Waals surface area contributed by atoms with Gasteiger partial charge in [-0.2, -0.15) is 12.6 Å². The zero-order valence-corrected chi connectivity index (χ0v) is 18.5. The summed E-state index contributed by atoms with van der Waals surface area (Å²) in [6.07, 6.45) is -0.501. The molecule has 176 valence electrons. The molecule has 0 fully saturated rings. The van der Waals surface area contributed by atoms with E-state index in [4.69, 9.17) is 22.4 Å². The van der Waals surface area contributed by atoms with E-state index in [0.29, 0.717) is 9.92 Å². The monoisotopic (exact) mass is 489 g/mol. The molecule has 1 rings (SSSR count). The van der Waals surface area contributed by atoms with Gasteiger partial charge < -0.3 is 31.3 Å². The predicted molar refractivity (Wildman–Crippen MR) is 117 cm³/mol. The van der Waals surface area contributed by atoms with Crippen LogP contribution in [0.3, 0.4) is 0 Å². The summed E-state index contributed by atoms with van der Waals surface area (Å²) in [7, 11) is 0. The number of hydrogen-bond acceptors (Lipinski definition) is 8. The van der Waals surface area contributed by atoms with Gasteiger partial charge >= 0.3 is 11.9 Å². The fourth-order valence-corrected chi connectivity index (χ4v) is 2.97. The lowest BCUT2D eigenvalue weighted by Gasteiger charge is -2.30. The third-order valence-corrected chi connectivity index (χ3v) is 5.03. The topological polar surface area (TPSA) is 187 Å². The minimum Gasteiger partial charge on any atom is -0.480 e. The molecule has 1 aromatic rings. The zero-order valence-electron chi connectivity index (χ0n) is 16.8. The van der Waals surface area contributed by atoms with Gasteiger partial charge in [-0.15, -0.1) is 0 Å². The van der Waals surface area contributed by atoms with Gasteiger partial charge in [0.25, 0.3) is 0 Å². The maximum Gasteiger partial charge on any atom is 0.328 e. The molecule has 0 bridgehead atoms. The van der Waals surface area contributed by atoms with E-state index in [1.54, 1.807) is 0 Å². The molecule has 0 saturated heterocycles. The number of carbonyl (C=O) groups excluding carboxylic acids is 3. The number of nitrogens with zero attached hydrogens (tertiary/aromatic N) is 1. The SMILES string of the molecule is N[C@@H](CCC(=O)N[C@@H](CS)C(=O)N(CC(=O)c1ccc(Cl)cc1)[C@@H](CO)C(=O)O)C(=O)O. The maximum absolute atomic E-state index is 13.0. The summed E-state index contributed by atoms with van der Waals surface area (Å²) in [5.41, 5.74) is 5.49. The van der Waals surface area contributed by atoms with Gasteiger partial charge in [0.05, 0.1) is 13.2 Å². The van der Waals surface area contributed by atoms with E-state index in [1.165, 1.54) is 24.3 Å². The number of halogens is 1. The zero-order chi connectivity index (χ0) is 24.4. The van der Waals surface area contributed by atoms with Gasteiger partial charge in [-0.3, -0.25) is 19.2 Å². The van der Waals surface area contributed by atoms with Gasteiger partial charge in [0.2, 0.25) is 11.8 Å². The first-order valence-corrected chi connectivity index (χ1v) is 10.3. The molecule has 0 spiro atoms. The summed E-state index contributed by atoms with van der Waals surface area (Å²) in [5, 5.41) is 30.3. The van der Waals surface area contributed by atoms with Gasteiger partial charge in [-0.1, -0.05) is 11.6 Å². The Balaban J connectivity index is 3.02. The number of carbonyl (C=O) groups is 5. The highest BCUT2D eigenvalue weighted by Crippen LogP contribution is 2.13. The van der Waals surface area contributed by atoms with Crippen LogP contribution in [0.15, 0.2) is 24.3 Å². The standard InChI is InChI=1S/C19H24ClN3O8S/c20-11-3-1-10(2-4-11)15(25)7-23(14(8-24)19(30)31)17(27)13(9-32)22-16(26)6-5-12(21)18(28)29/h1-4,12-14,24,32H,5-9,21H2,(H,22,26)(H,28,29)(H,30,31)/t12-,13-,14-/m0/s1. The van der Waals surface area contributed by atoms with Crippen LogP contribution >= 0.6 is 24.2 Å². The average Bonchev–Trinajstić information content (AvgIpc) is 2.75. The minimum atomic E-state index is -1.75. The number of aliphatic carboxylic acids is 2. The number of nitrogens with two attached hydrogens (primary N) is 1. The lowest BCUT2D eigenvalue weighted by Crippen LogP contribution is -2.57. The van der Waals surface area contributed by atoms with Crippen LogP contribution in [0, 0.1) is 0 Å². The molecule has 3 atom stereocenters. The molecule has 0 aliphatic rings. The molecule has 0 unspecified atom stereocenters. The molecule has 1 aromatic carbocycles. The van der Waals surface area contributed by atoms with E-state index in [0.717, 1.165) is 0 Å². The number of Topliss-reactive ketones (excluding diaryl/α,β-unsaturated/α-hetero) is 1. The van der Waals surface area contributed by atoms with Crippen LogP contribution in [0.2, 0.25) is 5.02 Å². The van der Waals surface area contributed by atoms with E-state index in [1.807, 2.05) is 0 Å². The van der Waals surface area contributed by atoms with Crippen molar-refractivity contribution in [2.24, 2.45) is 5.73 Å². The number of amides is 2. The number of carboxylic acids is 2. The second-order valence-corrected chi connectivity index (χ2v) is 7.52. The third kappa shape index (κ3) is 8.11. The molecule has 2 amide bonds. The average molecular weight is 490 g/mol. The molecule has 6 N–H and O–H groups in total. The van der Waals surface area contributed by atoms with Crippen LogP contribution in [-0.2, 0) is 19.2 Å². The van der Waals surface area contributed by atoms with Crippen molar-refractivity contribution in [1.82, 2.24) is 10.2 Å². The van der Waals surface area contributed by atoms with Crippen molar-refractivity contribution in [2.45, 2.75) is 31.0 Å². The van der Waals surface area contributed by atoms with Crippen molar-refractivity contribution in [1.29, 1.82) is 0 Å². The fourth-order valence-electron chi connectivity index (χ4n) is 2.60. The largest absolute Gasteiger partial charge is 0.480 e. The quantitative estimate of drug-likeness (QED) is 0.155. The minimum absolute atomic E-state index is 0.156. The van der Waals surface area contributed by atoms with Crippen LogP contribution in [0.1, 0.15) is 23.2 Å². The first-order valence-electron chi connectivity index (χ1n) is 9.33. The number of hydrogen-bond donors (Lipinski definition) is 6. The van der Waals surface area contributed by atoms with Crippen LogP contribution < -0.4 is 11.1 Å². The molecule has 0 aromatic heterocycles. The first-order chi connectivity index (χ1) is 15.0. The van der Waals surface area contributed by atoms with Crippen LogP contribution in [-0.4, -0.2) is 86.8 Å². The Morgan fingerprint density at radius 3 is 2.16 bits per heavy atom. The highest BCUT2D eigenvalue weighted by atomic mass is 35.5. The summed E-state index contributed by atoms with van der Waals surface area (Å²) in [4.78, 5) is 60.6. The Hall–Kier alpha value is -2.67. The molecule has 0 aliphatic carbocycles. The van der Waals surface area contributed by atoms with Gasteiger partial charge in [0, 0.05) is 22.8 Å². The van der Waals surface area contributed by atoms with Gasteiger partial charge in [0.15, 0.2) is 11.8 Å². The highest BCUT2D eigenvalue weighted by molar-refractivity contribution is 7.80. The Morgan fingerprint density at radius 2 is 1.69 bits per heavy atom. The van der Waals surface area contributed by atoms with Crippen molar-refractivity contribution >= 4 is 53.8 Å². The summed E-state index contributed by atoms with van der Waals surface area (Å²) >= 11 is 9.78. The third-order valence-electron chi connectivity index (χ3n) is 4.41. The molecule has 11 nitrogen and oxygen atoms in total. The van der Waals surface area contributed by atoms with E-state index in [-0.39, 0.29) is 24.2 Å². The first kappa shape index (κ1) is 27.4. The van der Waals surface area contributed by atoms with Crippen molar-refractivity contribution in [2.75, 3.05) is 18.9 Å². The Kier molecular flexibility index (Phi) is 11.1. The molecule has 32 heavy (non-hydrogen) atoms. The normalized spacial score (nSPS) is 13.5. The molecular formula is C19H24ClN3O8S. The molecule has 13 heteroatoms. The maximum atomic E-state index is 13.0. The van der Waals surface area contributed by atoms with Crippen molar-refractivity contribution in [3.8, 4) is 0 Å². The number of carboxylic acid groups (broad SMARTS) is 2. The van der Waals surface area contributed by atoms with E-state index in [2.05, 4.69) is 17.9 Å². The second kappa shape index (κ2) is 13.0. The van der Waals surface area contributed by atoms with Crippen molar-refractivity contribution in [3.05, 3.63) is 34.9 Å². The number of rotatable bonds is 13. The molecule has 0 radical (unpaired) electrons. The Morgan fingerprint density at radius 1 is 1.09 bits per heavy atom.